The molecular formula is C12H15NO3S. The second-order valence-corrected chi connectivity index (χ2v) is 4.72. The van der Waals surface area contributed by atoms with Crippen molar-refractivity contribution in [1.29, 1.82) is 0 Å². The molecule has 0 atom stereocenters. The summed E-state index contributed by atoms with van der Waals surface area (Å²) in [5.74, 6) is 1.64. The summed E-state index contributed by atoms with van der Waals surface area (Å²) in [7, 11) is 1.56. The minimum absolute atomic E-state index is 0.0965. The van der Waals surface area contributed by atoms with Crippen molar-refractivity contribution in [3.8, 4) is 5.75 Å². The van der Waals surface area contributed by atoms with Gasteiger partial charge in [-0.3, -0.25) is 10.1 Å². The van der Waals surface area contributed by atoms with Crippen LogP contribution in [0.15, 0.2) is 28.8 Å². The Hall–Kier alpha value is -1.49. The Balaban J connectivity index is 3.08. The summed E-state index contributed by atoms with van der Waals surface area (Å²) in [5.41, 5.74) is 0.821. The molecule has 17 heavy (non-hydrogen) atoms. The molecule has 5 heteroatoms. The van der Waals surface area contributed by atoms with E-state index in [1.165, 1.54) is 13.0 Å². The van der Waals surface area contributed by atoms with E-state index in [-0.39, 0.29) is 5.70 Å². The highest BCUT2D eigenvalue weighted by Crippen LogP contribution is 2.28. The molecule has 0 fully saturated rings. The highest BCUT2D eigenvalue weighted by molar-refractivity contribution is 7.99. The van der Waals surface area contributed by atoms with Crippen LogP contribution in [0.1, 0.15) is 19.4 Å². The molecule has 0 bridgehead atoms. The summed E-state index contributed by atoms with van der Waals surface area (Å²) >= 11 is 1.70. The van der Waals surface area contributed by atoms with Crippen LogP contribution in [0.2, 0.25) is 0 Å². The van der Waals surface area contributed by atoms with E-state index in [1.54, 1.807) is 18.9 Å². The average Bonchev–Trinajstić information content (AvgIpc) is 2.31. The van der Waals surface area contributed by atoms with E-state index < -0.39 is 4.92 Å². The van der Waals surface area contributed by atoms with Gasteiger partial charge in [0.1, 0.15) is 5.75 Å². The lowest BCUT2D eigenvalue weighted by molar-refractivity contribution is -0.422. The fourth-order valence-corrected chi connectivity index (χ4v) is 2.03. The molecule has 1 aromatic carbocycles. The lowest BCUT2D eigenvalue weighted by Gasteiger charge is -2.07. The number of thioether (sulfide) groups is 1. The number of nitrogens with zero attached hydrogens (tertiary/aromatic N) is 1. The summed E-state index contributed by atoms with van der Waals surface area (Å²) in [6.45, 7) is 3.54. The van der Waals surface area contributed by atoms with E-state index >= 15 is 0 Å². The van der Waals surface area contributed by atoms with Crippen LogP contribution in [0, 0.1) is 10.1 Å². The molecule has 1 rings (SSSR count). The Morgan fingerprint density at radius 2 is 2.29 bits per heavy atom. The van der Waals surface area contributed by atoms with Gasteiger partial charge < -0.3 is 4.74 Å². The molecule has 0 aromatic heterocycles. The monoisotopic (exact) mass is 253 g/mol. The molecule has 0 N–H and O–H groups in total. The topological polar surface area (TPSA) is 52.4 Å². The van der Waals surface area contributed by atoms with E-state index in [2.05, 4.69) is 6.92 Å². The van der Waals surface area contributed by atoms with Crippen molar-refractivity contribution in [2.24, 2.45) is 0 Å². The predicted octanol–water partition coefficient (Wildman–Crippen LogP) is 3.44. The minimum atomic E-state index is -0.409. The minimum Gasteiger partial charge on any atom is -0.496 e. The number of ether oxygens (including phenoxy) is 1. The summed E-state index contributed by atoms with van der Waals surface area (Å²) in [4.78, 5) is 11.3. The van der Waals surface area contributed by atoms with Crippen LogP contribution in [0.25, 0.3) is 6.08 Å². The maximum absolute atomic E-state index is 10.6. The van der Waals surface area contributed by atoms with Gasteiger partial charge in [-0.25, -0.2) is 0 Å². The van der Waals surface area contributed by atoms with E-state index in [1.807, 2.05) is 18.2 Å². The Labute approximate surface area is 105 Å². The number of rotatable bonds is 5. The van der Waals surface area contributed by atoms with Crippen LogP contribution in [-0.4, -0.2) is 17.8 Å². The van der Waals surface area contributed by atoms with Crippen LogP contribution >= 0.6 is 11.8 Å². The molecule has 0 spiro atoms. The van der Waals surface area contributed by atoms with Crippen LogP contribution in [0.3, 0.4) is 0 Å². The summed E-state index contributed by atoms with van der Waals surface area (Å²) in [6, 6.07) is 5.67. The van der Waals surface area contributed by atoms with Crippen molar-refractivity contribution in [1.82, 2.24) is 0 Å². The zero-order valence-corrected chi connectivity index (χ0v) is 10.9. The van der Waals surface area contributed by atoms with Crippen LogP contribution in [-0.2, 0) is 0 Å². The molecule has 0 saturated heterocycles. The van der Waals surface area contributed by atoms with Gasteiger partial charge in [0.2, 0.25) is 5.70 Å². The van der Waals surface area contributed by atoms with Crippen LogP contribution < -0.4 is 4.74 Å². The Morgan fingerprint density at radius 3 is 2.82 bits per heavy atom. The molecule has 0 heterocycles. The number of hydrogen-bond acceptors (Lipinski definition) is 4. The van der Waals surface area contributed by atoms with Crippen molar-refractivity contribution < 1.29 is 9.66 Å². The zero-order valence-electron chi connectivity index (χ0n) is 10.1. The Bertz CT molecular complexity index is 443. The first-order chi connectivity index (χ1) is 8.08. The van der Waals surface area contributed by atoms with E-state index in [0.717, 1.165) is 16.2 Å². The van der Waals surface area contributed by atoms with Crippen molar-refractivity contribution in [2.75, 3.05) is 12.9 Å². The van der Waals surface area contributed by atoms with Crippen molar-refractivity contribution in [2.45, 2.75) is 18.7 Å². The van der Waals surface area contributed by atoms with E-state index in [9.17, 15) is 10.1 Å². The Morgan fingerprint density at radius 1 is 1.59 bits per heavy atom. The SMILES string of the molecule is CCSc1ccc(C=C(C)[N+](=O)[O-])c(OC)c1. The summed E-state index contributed by atoms with van der Waals surface area (Å²) < 4.78 is 5.23. The van der Waals surface area contributed by atoms with Gasteiger partial charge in [0.15, 0.2) is 0 Å². The van der Waals surface area contributed by atoms with Gasteiger partial charge in [-0.15, -0.1) is 11.8 Å². The fourth-order valence-electron chi connectivity index (χ4n) is 1.34. The van der Waals surface area contributed by atoms with Gasteiger partial charge in [-0.05, 0) is 24.0 Å². The van der Waals surface area contributed by atoms with Gasteiger partial charge in [0, 0.05) is 23.5 Å². The largest absolute Gasteiger partial charge is 0.496 e. The van der Waals surface area contributed by atoms with Crippen LogP contribution in [0.4, 0.5) is 0 Å². The highest BCUT2D eigenvalue weighted by Gasteiger charge is 2.07. The third-order valence-electron chi connectivity index (χ3n) is 2.17. The first-order valence-electron chi connectivity index (χ1n) is 5.22. The fraction of sp³-hybridized carbons (Fsp3) is 0.333. The molecule has 4 nitrogen and oxygen atoms in total. The first-order valence-corrected chi connectivity index (χ1v) is 6.20. The molecule has 1 aromatic rings. The molecule has 0 amide bonds. The lowest BCUT2D eigenvalue weighted by atomic mass is 10.2. The molecule has 0 aliphatic heterocycles. The third kappa shape index (κ3) is 3.78. The van der Waals surface area contributed by atoms with Gasteiger partial charge >= 0.3 is 0 Å². The van der Waals surface area contributed by atoms with Gasteiger partial charge in [0.25, 0.3) is 0 Å². The molecule has 0 saturated carbocycles. The predicted molar refractivity (Wildman–Crippen MR) is 70.0 cm³/mol. The van der Waals surface area contributed by atoms with Gasteiger partial charge in [0.05, 0.1) is 12.0 Å². The third-order valence-corrected chi connectivity index (χ3v) is 3.04. The van der Waals surface area contributed by atoms with Crippen molar-refractivity contribution in [3.05, 3.63) is 39.6 Å². The first kappa shape index (κ1) is 13.6. The van der Waals surface area contributed by atoms with Crippen LogP contribution in [0.5, 0.6) is 5.75 Å². The number of nitro groups is 1. The molecule has 0 radical (unpaired) electrons. The quantitative estimate of drug-likeness (QED) is 0.458. The van der Waals surface area contributed by atoms with Gasteiger partial charge in [-0.2, -0.15) is 0 Å². The van der Waals surface area contributed by atoms with Crippen molar-refractivity contribution >= 4 is 17.8 Å². The number of benzene rings is 1. The highest BCUT2D eigenvalue weighted by atomic mass is 32.2. The summed E-state index contributed by atoms with van der Waals surface area (Å²) in [6.07, 6.45) is 1.51. The second-order valence-electron chi connectivity index (χ2n) is 3.38. The smallest absolute Gasteiger partial charge is 0.243 e. The molecule has 92 valence electrons. The van der Waals surface area contributed by atoms with Gasteiger partial charge in [-0.1, -0.05) is 6.92 Å². The normalized spacial score (nSPS) is 11.4. The number of methoxy groups -OCH3 is 1. The zero-order chi connectivity index (χ0) is 12.8. The number of hydrogen-bond donors (Lipinski definition) is 0. The standard InChI is InChI=1S/C12H15NO3S/c1-4-17-11-6-5-10(12(8-11)16-3)7-9(2)13(14)15/h5-8H,4H2,1-3H3. The Kier molecular flexibility index (Phi) is 5.03. The lowest BCUT2D eigenvalue weighted by Crippen LogP contribution is -1.94. The van der Waals surface area contributed by atoms with E-state index in [4.69, 9.17) is 4.74 Å². The molecule has 0 unspecified atom stereocenters. The average molecular weight is 253 g/mol. The van der Waals surface area contributed by atoms with Crippen molar-refractivity contribution in [3.63, 3.8) is 0 Å². The number of allylic oxidation sites excluding steroid dienone is 1. The maximum Gasteiger partial charge on any atom is 0.243 e. The molecular weight excluding hydrogens is 238 g/mol. The molecule has 0 aliphatic carbocycles. The van der Waals surface area contributed by atoms with E-state index in [0.29, 0.717) is 5.75 Å². The second kappa shape index (κ2) is 6.30. The summed E-state index contributed by atoms with van der Waals surface area (Å²) in [5, 5.41) is 10.6. The maximum atomic E-state index is 10.6. The molecule has 0 aliphatic rings.